The van der Waals surface area contributed by atoms with Gasteiger partial charge in [0.1, 0.15) is 5.69 Å². The van der Waals surface area contributed by atoms with E-state index in [2.05, 4.69) is 64.3 Å². The van der Waals surface area contributed by atoms with Gasteiger partial charge in [-0.1, -0.05) is 35.9 Å². The number of benzene rings is 2. The van der Waals surface area contributed by atoms with E-state index in [9.17, 15) is 0 Å². The summed E-state index contributed by atoms with van der Waals surface area (Å²) in [6, 6.07) is 15.1. The van der Waals surface area contributed by atoms with Crippen LogP contribution in [0.4, 0.5) is 0 Å². The van der Waals surface area contributed by atoms with Crippen molar-refractivity contribution in [3.63, 3.8) is 0 Å². The van der Waals surface area contributed by atoms with Crippen LogP contribution in [0.5, 0.6) is 0 Å². The lowest BCUT2D eigenvalue weighted by Gasteiger charge is -2.07. The Labute approximate surface area is 140 Å². The SMILES string of the molecule is Cc1cccc(-c2nn3c(c2-c2ccc4cn[nH]c4c2)CCC3)c1. The Kier molecular flexibility index (Phi) is 2.86. The van der Waals surface area contributed by atoms with Crippen LogP contribution < -0.4 is 0 Å². The van der Waals surface area contributed by atoms with Crippen molar-refractivity contribution in [1.82, 2.24) is 20.0 Å². The second-order valence-corrected chi connectivity index (χ2v) is 6.54. The van der Waals surface area contributed by atoms with E-state index in [-0.39, 0.29) is 0 Å². The van der Waals surface area contributed by atoms with Crippen molar-refractivity contribution >= 4 is 10.9 Å². The molecule has 0 fully saturated rings. The van der Waals surface area contributed by atoms with Crippen molar-refractivity contribution in [2.24, 2.45) is 0 Å². The molecular weight excluding hydrogens is 296 g/mol. The number of hydrogen-bond acceptors (Lipinski definition) is 2. The molecule has 0 bridgehead atoms. The van der Waals surface area contributed by atoms with Gasteiger partial charge in [0.05, 0.1) is 11.7 Å². The molecular formula is C20H18N4. The van der Waals surface area contributed by atoms with E-state index in [4.69, 9.17) is 5.10 Å². The molecule has 4 nitrogen and oxygen atoms in total. The Bertz CT molecular complexity index is 1050. The lowest BCUT2D eigenvalue weighted by Crippen LogP contribution is -1.94. The van der Waals surface area contributed by atoms with E-state index in [1.165, 1.54) is 34.4 Å². The minimum absolute atomic E-state index is 1.01. The summed E-state index contributed by atoms with van der Waals surface area (Å²) in [4.78, 5) is 0. The third-order valence-corrected chi connectivity index (χ3v) is 4.86. The third-order valence-electron chi connectivity index (χ3n) is 4.86. The standard InChI is InChI=1S/C20H18N4/c1-13-4-2-5-15(10-13)20-19(18-6-3-9-24(18)23-20)14-7-8-16-12-21-22-17(16)11-14/h2,4-5,7-8,10-12H,3,6,9H2,1H3,(H,21,22). The molecule has 5 rings (SSSR count). The summed E-state index contributed by atoms with van der Waals surface area (Å²) in [5.74, 6) is 0. The lowest BCUT2D eigenvalue weighted by atomic mass is 9.96. The third kappa shape index (κ3) is 1.99. The van der Waals surface area contributed by atoms with Gasteiger partial charge in [0.15, 0.2) is 0 Å². The van der Waals surface area contributed by atoms with Crippen LogP contribution in [0.2, 0.25) is 0 Å². The molecule has 0 unspecified atom stereocenters. The fraction of sp³-hybridized carbons (Fsp3) is 0.200. The van der Waals surface area contributed by atoms with Crippen molar-refractivity contribution in [1.29, 1.82) is 0 Å². The predicted molar refractivity (Wildman–Crippen MR) is 95.8 cm³/mol. The molecule has 0 spiro atoms. The molecule has 0 radical (unpaired) electrons. The van der Waals surface area contributed by atoms with E-state index in [0.717, 1.165) is 29.6 Å². The van der Waals surface area contributed by atoms with Crippen molar-refractivity contribution < 1.29 is 0 Å². The summed E-state index contributed by atoms with van der Waals surface area (Å²) in [5.41, 5.74) is 8.45. The van der Waals surface area contributed by atoms with Crippen LogP contribution in [0.15, 0.2) is 48.7 Å². The zero-order valence-corrected chi connectivity index (χ0v) is 13.6. The Morgan fingerprint density at radius 2 is 2.04 bits per heavy atom. The van der Waals surface area contributed by atoms with E-state index < -0.39 is 0 Å². The predicted octanol–water partition coefficient (Wildman–Crippen LogP) is 4.35. The first-order valence-electron chi connectivity index (χ1n) is 8.40. The van der Waals surface area contributed by atoms with E-state index in [1.54, 1.807) is 0 Å². The van der Waals surface area contributed by atoms with Crippen LogP contribution in [0, 0.1) is 6.92 Å². The maximum absolute atomic E-state index is 4.94. The number of nitrogens with zero attached hydrogens (tertiary/aromatic N) is 3. The molecule has 0 saturated carbocycles. The zero-order valence-electron chi connectivity index (χ0n) is 13.6. The number of aromatic nitrogens is 4. The highest BCUT2D eigenvalue weighted by Gasteiger charge is 2.24. The maximum Gasteiger partial charge on any atom is 0.100 e. The number of H-pyrrole nitrogens is 1. The molecule has 4 heteroatoms. The van der Waals surface area contributed by atoms with Crippen molar-refractivity contribution in [2.75, 3.05) is 0 Å². The number of fused-ring (bicyclic) bond motifs is 2. The van der Waals surface area contributed by atoms with Gasteiger partial charge in [-0.15, -0.1) is 0 Å². The van der Waals surface area contributed by atoms with Gasteiger partial charge >= 0.3 is 0 Å². The Hall–Kier alpha value is -2.88. The number of rotatable bonds is 2. The van der Waals surface area contributed by atoms with Crippen LogP contribution in [-0.4, -0.2) is 20.0 Å². The molecule has 3 heterocycles. The number of aryl methyl sites for hydroxylation is 2. The molecule has 4 aromatic rings. The van der Waals surface area contributed by atoms with Gasteiger partial charge in [-0.3, -0.25) is 9.78 Å². The van der Waals surface area contributed by atoms with E-state index in [0.29, 0.717) is 0 Å². The maximum atomic E-state index is 4.94. The summed E-state index contributed by atoms with van der Waals surface area (Å²) < 4.78 is 2.18. The molecule has 1 aliphatic rings. The summed E-state index contributed by atoms with van der Waals surface area (Å²) in [5, 5.41) is 13.3. The molecule has 1 N–H and O–H groups in total. The van der Waals surface area contributed by atoms with Gasteiger partial charge in [0.25, 0.3) is 0 Å². The second-order valence-electron chi connectivity index (χ2n) is 6.54. The molecule has 2 aromatic heterocycles. The fourth-order valence-electron chi connectivity index (χ4n) is 3.72. The second kappa shape index (κ2) is 5.06. The highest BCUT2D eigenvalue weighted by Crippen LogP contribution is 2.38. The van der Waals surface area contributed by atoms with Crippen LogP contribution >= 0.6 is 0 Å². The largest absolute Gasteiger partial charge is 0.278 e. The molecule has 0 saturated heterocycles. The van der Waals surface area contributed by atoms with Gasteiger partial charge in [-0.25, -0.2) is 0 Å². The van der Waals surface area contributed by atoms with Crippen molar-refractivity contribution in [3.05, 3.63) is 59.9 Å². The van der Waals surface area contributed by atoms with Crippen LogP contribution in [0.25, 0.3) is 33.3 Å². The molecule has 0 aliphatic carbocycles. The Balaban J connectivity index is 1.77. The minimum atomic E-state index is 1.01. The summed E-state index contributed by atoms with van der Waals surface area (Å²) in [6.45, 7) is 3.14. The van der Waals surface area contributed by atoms with Gasteiger partial charge in [-0.2, -0.15) is 10.2 Å². The summed E-state index contributed by atoms with van der Waals surface area (Å²) >= 11 is 0. The fourth-order valence-corrected chi connectivity index (χ4v) is 3.72. The van der Waals surface area contributed by atoms with Gasteiger partial charge in [-0.05, 0) is 37.5 Å². The normalized spacial score (nSPS) is 13.5. The van der Waals surface area contributed by atoms with E-state index in [1.807, 2.05) is 6.20 Å². The average Bonchev–Trinajstić information content (AvgIpc) is 3.29. The van der Waals surface area contributed by atoms with E-state index >= 15 is 0 Å². The quantitative estimate of drug-likeness (QED) is 0.598. The molecule has 0 atom stereocenters. The Morgan fingerprint density at radius 1 is 1.08 bits per heavy atom. The topological polar surface area (TPSA) is 46.5 Å². The zero-order chi connectivity index (χ0) is 16.1. The first-order chi connectivity index (χ1) is 11.8. The van der Waals surface area contributed by atoms with Gasteiger partial charge in [0.2, 0.25) is 0 Å². The minimum Gasteiger partial charge on any atom is -0.278 e. The Morgan fingerprint density at radius 3 is 2.96 bits per heavy atom. The van der Waals surface area contributed by atoms with Crippen molar-refractivity contribution in [2.45, 2.75) is 26.3 Å². The lowest BCUT2D eigenvalue weighted by molar-refractivity contribution is 0.659. The number of nitrogens with one attached hydrogen (secondary N) is 1. The van der Waals surface area contributed by atoms with Gasteiger partial charge in [0, 0.05) is 28.8 Å². The molecule has 118 valence electrons. The van der Waals surface area contributed by atoms with Gasteiger partial charge < -0.3 is 0 Å². The summed E-state index contributed by atoms with van der Waals surface area (Å²) in [6.07, 6.45) is 4.13. The number of aromatic amines is 1. The monoisotopic (exact) mass is 314 g/mol. The molecule has 0 amide bonds. The first kappa shape index (κ1) is 13.5. The van der Waals surface area contributed by atoms with Crippen LogP contribution in [-0.2, 0) is 13.0 Å². The first-order valence-corrected chi connectivity index (χ1v) is 8.40. The smallest absolute Gasteiger partial charge is 0.100 e. The van der Waals surface area contributed by atoms with Crippen LogP contribution in [0.1, 0.15) is 17.7 Å². The summed E-state index contributed by atoms with van der Waals surface area (Å²) in [7, 11) is 0. The average molecular weight is 314 g/mol. The number of hydrogen-bond donors (Lipinski definition) is 1. The molecule has 24 heavy (non-hydrogen) atoms. The van der Waals surface area contributed by atoms with Crippen molar-refractivity contribution in [3.8, 4) is 22.4 Å². The highest BCUT2D eigenvalue weighted by molar-refractivity contribution is 5.89. The molecule has 2 aromatic carbocycles. The van der Waals surface area contributed by atoms with Crippen LogP contribution in [0.3, 0.4) is 0 Å². The highest BCUT2D eigenvalue weighted by atomic mass is 15.3. The molecule has 1 aliphatic heterocycles.